The van der Waals surface area contributed by atoms with Gasteiger partial charge < -0.3 is 20.3 Å². The fourth-order valence-electron chi connectivity index (χ4n) is 2.83. The number of alkyl halides is 3. The summed E-state index contributed by atoms with van der Waals surface area (Å²) in [6.45, 7) is 1.33. The van der Waals surface area contributed by atoms with Gasteiger partial charge in [-0.05, 0) is 18.6 Å². The van der Waals surface area contributed by atoms with Crippen LogP contribution in [0.25, 0.3) is 0 Å². The third kappa shape index (κ3) is 4.57. The third-order valence-electron chi connectivity index (χ3n) is 4.12. The van der Waals surface area contributed by atoms with E-state index >= 15 is 0 Å². The molecule has 1 aliphatic rings. The molecule has 10 heteroatoms. The number of hydrogen-bond acceptors (Lipinski definition) is 5. The molecule has 1 atom stereocenters. The predicted octanol–water partition coefficient (Wildman–Crippen LogP) is 2.90. The molecule has 2 amide bonds. The van der Waals surface area contributed by atoms with Crippen molar-refractivity contribution in [3.8, 4) is 5.75 Å². The summed E-state index contributed by atoms with van der Waals surface area (Å²) in [6.07, 6.45) is -1.23. The summed E-state index contributed by atoms with van der Waals surface area (Å²) in [5.74, 6) is 0.713. The minimum absolute atomic E-state index is 0.0579. The van der Waals surface area contributed by atoms with E-state index in [0.717, 1.165) is 31.0 Å². The molecule has 2 aromatic rings. The fourth-order valence-corrected chi connectivity index (χ4v) is 2.83. The molecule has 1 aliphatic heterocycles. The van der Waals surface area contributed by atoms with Crippen LogP contribution in [0.15, 0.2) is 36.7 Å². The van der Waals surface area contributed by atoms with Gasteiger partial charge in [-0.25, -0.2) is 14.8 Å². The summed E-state index contributed by atoms with van der Waals surface area (Å²) in [4.78, 5) is 21.9. The fraction of sp³-hybridized carbons (Fsp3) is 0.353. The molecule has 0 unspecified atom stereocenters. The van der Waals surface area contributed by atoms with Crippen LogP contribution in [-0.4, -0.2) is 42.2 Å². The highest BCUT2D eigenvalue weighted by Gasteiger charge is 2.33. The second-order valence-corrected chi connectivity index (χ2v) is 5.99. The van der Waals surface area contributed by atoms with E-state index in [4.69, 9.17) is 4.74 Å². The molecule has 0 saturated carbocycles. The SMILES string of the molecule is COc1cc(C(F)(F)F)ncc1NC(=O)N[C@@H]1CCN(c2ccccn2)C1. The lowest BCUT2D eigenvalue weighted by Gasteiger charge is -2.18. The zero-order valence-corrected chi connectivity index (χ0v) is 14.5. The summed E-state index contributed by atoms with van der Waals surface area (Å²) in [5, 5.41) is 5.28. The van der Waals surface area contributed by atoms with Crippen molar-refractivity contribution in [2.75, 3.05) is 30.4 Å². The molecule has 2 aromatic heterocycles. The maximum Gasteiger partial charge on any atom is 0.433 e. The number of aromatic nitrogens is 2. The van der Waals surface area contributed by atoms with Gasteiger partial charge in [-0.15, -0.1) is 0 Å². The number of nitrogens with one attached hydrogen (secondary N) is 2. The van der Waals surface area contributed by atoms with Crippen molar-refractivity contribution < 1.29 is 22.7 Å². The van der Waals surface area contributed by atoms with Gasteiger partial charge in [0.05, 0.1) is 13.3 Å². The average Bonchev–Trinajstić information content (AvgIpc) is 3.10. The highest BCUT2D eigenvalue weighted by Crippen LogP contribution is 2.33. The molecule has 3 heterocycles. The number of nitrogens with zero attached hydrogens (tertiary/aromatic N) is 3. The van der Waals surface area contributed by atoms with E-state index in [2.05, 4.69) is 20.6 Å². The Morgan fingerprint density at radius 1 is 1.33 bits per heavy atom. The molecule has 0 radical (unpaired) electrons. The lowest BCUT2D eigenvalue weighted by molar-refractivity contribution is -0.141. The Morgan fingerprint density at radius 3 is 2.81 bits per heavy atom. The van der Waals surface area contributed by atoms with Crippen molar-refractivity contribution in [1.29, 1.82) is 0 Å². The zero-order chi connectivity index (χ0) is 19.4. The molecule has 0 aromatic carbocycles. The van der Waals surface area contributed by atoms with Crippen molar-refractivity contribution in [3.05, 3.63) is 42.4 Å². The number of ether oxygens (including phenoxy) is 1. The van der Waals surface area contributed by atoms with E-state index in [9.17, 15) is 18.0 Å². The number of rotatable bonds is 4. The van der Waals surface area contributed by atoms with E-state index in [-0.39, 0.29) is 17.5 Å². The number of amides is 2. The van der Waals surface area contributed by atoms with Gasteiger partial charge in [0.1, 0.15) is 22.9 Å². The second kappa shape index (κ2) is 7.68. The van der Waals surface area contributed by atoms with Crippen LogP contribution in [0.4, 0.5) is 29.5 Å². The summed E-state index contributed by atoms with van der Waals surface area (Å²) in [5.41, 5.74) is -1.03. The molecule has 0 spiro atoms. The summed E-state index contributed by atoms with van der Waals surface area (Å²) in [6, 6.07) is 5.70. The zero-order valence-electron chi connectivity index (χ0n) is 14.5. The van der Waals surface area contributed by atoms with Gasteiger partial charge >= 0.3 is 12.2 Å². The first-order valence-corrected chi connectivity index (χ1v) is 8.21. The van der Waals surface area contributed by atoms with E-state index in [0.29, 0.717) is 6.54 Å². The lowest BCUT2D eigenvalue weighted by atomic mass is 10.2. The van der Waals surface area contributed by atoms with Crippen molar-refractivity contribution >= 4 is 17.5 Å². The molecular weight excluding hydrogens is 363 g/mol. The van der Waals surface area contributed by atoms with Crippen LogP contribution in [0.2, 0.25) is 0 Å². The number of carbonyl (C=O) groups excluding carboxylic acids is 1. The van der Waals surface area contributed by atoms with Crippen LogP contribution in [0, 0.1) is 0 Å². The van der Waals surface area contributed by atoms with Crippen molar-refractivity contribution in [2.45, 2.75) is 18.6 Å². The Kier molecular flexibility index (Phi) is 5.33. The maximum atomic E-state index is 12.7. The Morgan fingerprint density at radius 2 is 2.15 bits per heavy atom. The van der Waals surface area contributed by atoms with E-state index < -0.39 is 17.9 Å². The highest BCUT2D eigenvalue weighted by atomic mass is 19.4. The van der Waals surface area contributed by atoms with Gasteiger partial charge in [0, 0.05) is 31.4 Å². The minimum atomic E-state index is -4.59. The normalized spacial score (nSPS) is 16.9. The lowest BCUT2D eigenvalue weighted by Crippen LogP contribution is -2.39. The van der Waals surface area contributed by atoms with E-state index in [1.807, 2.05) is 23.1 Å². The average molecular weight is 381 g/mol. The van der Waals surface area contributed by atoms with Gasteiger partial charge in [0.2, 0.25) is 0 Å². The highest BCUT2D eigenvalue weighted by molar-refractivity contribution is 5.91. The standard InChI is InChI=1S/C17H18F3N5O2/c1-27-13-8-14(17(18,19)20)22-9-12(13)24-16(26)23-11-5-7-25(10-11)15-4-2-3-6-21-15/h2-4,6,8-9,11H,5,7,10H2,1H3,(H2,23,24,26)/t11-/m1/s1. The maximum absolute atomic E-state index is 12.7. The van der Waals surface area contributed by atoms with Crippen LogP contribution >= 0.6 is 0 Å². The van der Waals surface area contributed by atoms with Crippen molar-refractivity contribution in [3.63, 3.8) is 0 Å². The Hall–Kier alpha value is -3.04. The van der Waals surface area contributed by atoms with Crippen LogP contribution in [0.1, 0.15) is 12.1 Å². The molecule has 3 rings (SSSR count). The minimum Gasteiger partial charge on any atom is -0.494 e. The molecule has 1 fully saturated rings. The van der Waals surface area contributed by atoms with Crippen LogP contribution in [-0.2, 0) is 6.18 Å². The van der Waals surface area contributed by atoms with Crippen molar-refractivity contribution in [1.82, 2.24) is 15.3 Å². The molecule has 7 nitrogen and oxygen atoms in total. The van der Waals surface area contributed by atoms with E-state index in [1.165, 1.54) is 7.11 Å². The van der Waals surface area contributed by atoms with Gasteiger partial charge in [0.25, 0.3) is 0 Å². The first kappa shape index (κ1) is 18.7. The first-order valence-electron chi connectivity index (χ1n) is 8.21. The smallest absolute Gasteiger partial charge is 0.433 e. The largest absolute Gasteiger partial charge is 0.494 e. The Balaban J connectivity index is 1.60. The van der Waals surface area contributed by atoms with Gasteiger partial charge in [-0.3, -0.25) is 0 Å². The quantitative estimate of drug-likeness (QED) is 0.851. The Bertz CT molecular complexity index is 801. The molecule has 1 saturated heterocycles. The van der Waals surface area contributed by atoms with Crippen LogP contribution in [0.3, 0.4) is 0 Å². The second-order valence-electron chi connectivity index (χ2n) is 5.99. The number of urea groups is 1. The van der Waals surface area contributed by atoms with Gasteiger partial charge in [0.15, 0.2) is 0 Å². The number of hydrogen-bond donors (Lipinski definition) is 2. The molecule has 27 heavy (non-hydrogen) atoms. The van der Waals surface area contributed by atoms with Crippen molar-refractivity contribution in [2.24, 2.45) is 0 Å². The number of carbonyl (C=O) groups is 1. The first-order chi connectivity index (χ1) is 12.9. The summed E-state index contributed by atoms with van der Waals surface area (Å²) in [7, 11) is 1.22. The van der Waals surface area contributed by atoms with Gasteiger partial charge in [-0.1, -0.05) is 6.07 Å². The molecular formula is C17H18F3N5O2. The number of pyridine rings is 2. The number of methoxy groups -OCH3 is 1. The number of anilines is 2. The molecule has 144 valence electrons. The van der Waals surface area contributed by atoms with Crippen LogP contribution in [0.5, 0.6) is 5.75 Å². The Labute approximate surface area is 153 Å². The third-order valence-corrected chi connectivity index (χ3v) is 4.12. The van der Waals surface area contributed by atoms with E-state index in [1.54, 1.807) is 6.20 Å². The molecule has 2 N–H and O–H groups in total. The topological polar surface area (TPSA) is 79.4 Å². The molecule has 0 aliphatic carbocycles. The predicted molar refractivity (Wildman–Crippen MR) is 92.8 cm³/mol. The molecule has 0 bridgehead atoms. The monoisotopic (exact) mass is 381 g/mol. The summed E-state index contributed by atoms with van der Waals surface area (Å²) < 4.78 is 43.1. The van der Waals surface area contributed by atoms with Crippen LogP contribution < -0.4 is 20.3 Å². The van der Waals surface area contributed by atoms with Gasteiger partial charge in [-0.2, -0.15) is 13.2 Å². The summed E-state index contributed by atoms with van der Waals surface area (Å²) >= 11 is 0. The number of halogens is 3.